The van der Waals surface area contributed by atoms with Gasteiger partial charge in [-0.2, -0.15) is 0 Å². The molecule has 37 heavy (non-hydrogen) atoms. The Kier molecular flexibility index (Phi) is 9.79. The van der Waals surface area contributed by atoms with E-state index >= 15 is 0 Å². The van der Waals surface area contributed by atoms with E-state index in [1.807, 2.05) is 57.2 Å². The number of rotatable bonds is 12. The van der Waals surface area contributed by atoms with Gasteiger partial charge in [0.2, 0.25) is 5.91 Å². The number of nitrogens with one attached hydrogen (secondary N) is 2. The summed E-state index contributed by atoms with van der Waals surface area (Å²) in [6.07, 6.45) is 7.86. The summed E-state index contributed by atoms with van der Waals surface area (Å²) in [6, 6.07) is 15.0. The number of fused-ring (bicyclic) bond motifs is 1. The highest BCUT2D eigenvalue weighted by Gasteiger charge is 2.20. The Hall–Kier alpha value is -3.28. The summed E-state index contributed by atoms with van der Waals surface area (Å²) in [7, 11) is 0. The monoisotopic (exact) mass is 504 g/mol. The molecule has 0 aliphatic rings. The highest BCUT2D eigenvalue weighted by molar-refractivity contribution is 6.07. The van der Waals surface area contributed by atoms with Crippen molar-refractivity contribution in [2.45, 2.75) is 86.1 Å². The average Bonchev–Trinajstić information content (AvgIpc) is 3.16. The number of hydrogen-bond donors (Lipinski definition) is 3. The first-order valence-electron chi connectivity index (χ1n) is 13.7. The zero-order valence-electron chi connectivity index (χ0n) is 23.2. The minimum Gasteiger partial charge on any atom is -0.399 e. The van der Waals surface area contributed by atoms with E-state index < -0.39 is 0 Å². The first kappa shape index (κ1) is 28.3. The molecule has 0 aliphatic heterocycles. The van der Waals surface area contributed by atoms with Gasteiger partial charge in [-0.15, -0.1) is 0 Å². The van der Waals surface area contributed by atoms with E-state index in [0.29, 0.717) is 29.4 Å². The summed E-state index contributed by atoms with van der Waals surface area (Å²) < 4.78 is 2.12. The van der Waals surface area contributed by atoms with Crippen molar-refractivity contribution in [2.75, 3.05) is 16.4 Å². The largest absolute Gasteiger partial charge is 0.399 e. The molecule has 0 fully saturated rings. The molecule has 0 aliphatic carbocycles. The van der Waals surface area contributed by atoms with Crippen LogP contribution in [0.2, 0.25) is 0 Å². The summed E-state index contributed by atoms with van der Waals surface area (Å²) in [4.78, 5) is 25.9. The van der Waals surface area contributed by atoms with E-state index in [0.717, 1.165) is 29.6 Å². The predicted octanol–water partition coefficient (Wildman–Crippen LogP) is 7.85. The Morgan fingerprint density at radius 1 is 0.919 bits per heavy atom. The number of carbonyl (C=O) groups excluding carboxylic acids is 2. The molecule has 6 heteroatoms. The van der Waals surface area contributed by atoms with Crippen LogP contribution in [-0.4, -0.2) is 16.4 Å². The molecule has 1 unspecified atom stereocenters. The maximum Gasteiger partial charge on any atom is 0.272 e. The van der Waals surface area contributed by atoms with Crippen molar-refractivity contribution in [1.29, 1.82) is 0 Å². The lowest BCUT2D eigenvalue weighted by atomic mass is 9.92. The summed E-state index contributed by atoms with van der Waals surface area (Å²) in [5.41, 5.74) is 9.42. The molecule has 0 saturated heterocycles. The minimum absolute atomic E-state index is 0.00991. The van der Waals surface area contributed by atoms with Crippen LogP contribution in [-0.2, 0) is 11.3 Å². The van der Waals surface area contributed by atoms with Crippen LogP contribution in [0.4, 0.5) is 17.1 Å². The van der Waals surface area contributed by atoms with Crippen molar-refractivity contribution in [3.8, 4) is 0 Å². The second-order valence-electron chi connectivity index (χ2n) is 11.6. The smallest absolute Gasteiger partial charge is 0.272 e. The van der Waals surface area contributed by atoms with Gasteiger partial charge in [0.25, 0.3) is 5.91 Å². The molecule has 2 amide bonds. The van der Waals surface area contributed by atoms with Gasteiger partial charge in [-0.25, -0.2) is 0 Å². The minimum atomic E-state index is -0.158. The standard InChI is InChI=1S/C31H44N4O2/c1-6-7-8-9-10-11-22(2)21-35-27-17-16-26(33-29(36)20-31(3,4)5)18-23(27)19-28(35)30(37)34-25-14-12-24(32)13-15-25/h12-19,22H,6-11,20-21,32H2,1-5H3,(H,33,36)(H,34,37). The maximum absolute atomic E-state index is 13.4. The molecule has 1 aromatic heterocycles. The molecule has 0 radical (unpaired) electrons. The number of aromatic nitrogens is 1. The third-order valence-electron chi connectivity index (χ3n) is 6.57. The zero-order chi connectivity index (χ0) is 27.0. The molecule has 3 rings (SSSR count). The quantitative estimate of drug-likeness (QED) is 0.173. The number of unbranched alkanes of at least 4 members (excludes halogenated alkanes) is 4. The Balaban J connectivity index is 1.84. The summed E-state index contributed by atoms with van der Waals surface area (Å²) in [5, 5.41) is 6.97. The van der Waals surface area contributed by atoms with Gasteiger partial charge in [0.05, 0.1) is 0 Å². The number of carbonyl (C=O) groups is 2. The predicted molar refractivity (Wildman–Crippen MR) is 156 cm³/mol. The first-order chi connectivity index (χ1) is 17.6. The van der Waals surface area contributed by atoms with Gasteiger partial charge in [0.15, 0.2) is 0 Å². The second-order valence-corrected chi connectivity index (χ2v) is 11.6. The third-order valence-corrected chi connectivity index (χ3v) is 6.57. The van der Waals surface area contributed by atoms with Crippen molar-refractivity contribution in [3.05, 3.63) is 54.2 Å². The van der Waals surface area contributed by atoms with Gasteiger partial charge in [-0.1, -0.05) is 66.7 Å². The Morgan fingerprint density at radius 2 is 1.59 bits per heavy atom. The van der Waals surface area contributed by atoms with Crippen molar-refractivity contribution in [3.63, 3.8) is 0 Å². The first-order valence-corrected chi connectivity index (χ1v) is 13.7. The molecule has 1 heterocycles. The molecule has 0 bridgehead atoms. The SMILES string of the molecule is CCCCCCCC(C)Cn1c(C(=O)Nc2ccc(N)cc2)cc2cc(NC(=O)CC(C)(C)C)ccc21. The van der Waals surface area contributed by atoms with Crippen LogP contribution in [0, 0.1) is 11.3 Å². The molecule has 1 atom stereocenters. The van der Waals surface area contributed by atoms with Crippen LogP contribution in [0.3, 0.4) is 0 Å². The van der Waals surface area contributed by atoms with Crippen molar-refractivity contribution in [2.24, 2.45) is 11.3 Å². The lowest BCUT2D eigenvalue weighted by Gasteiger charge is -2.18. The summed E-state index contributed by atoms with van der Waals surface area (Å²) in [6.45, 7) is 11.4. The van der Waals surface area contributed by atoms with Gasteiger partial charge < -0.3 is 20.9 Å². The Bertz CT molecular complexity index is 1190. The Morgan fingerprint density at radius 3 is 2.27 bits per heavy atom. The highest BCUT2D eigenvalue weighted by atomic mass is 16.2. The van der Waals surface area contributed by atoms with Crippen LogP contribution >= 0.6 is 0 Å². The zero-order valence-corrected chi connectivity index (χ0v) is 23.2. The number of nitrogens with two attached hydrogens (primary N) is 1. The highest BCUT2D eigenvalue weighted by Crippen LogP contribution is 2.28. The molecule has 3 aromatic rings. The van der Waals surface area contributed by atoms with E-state index in [2.05, 4.69) is 29.0 Å². The second kappa shape index (κ2) is 12.8. The van der Waals surface area contributed by atoms with E-state index in [-0.39, 0.29) is 17.2 Å². The van der Waals surface area contributed by atoms with Gasteiger partial charge in [0.1, 0.15) is 5.69 Å². The summed E-state index contributed by atoms with van der Waals surface area (Å²) >= 11 is 0. The number of benzene rings is 2. The molecule has 2 aromatic carbocycles. The normalized spacial score (nSPS) is 12.5. The number of nitrogen functional groups attached to an aromatic ring is 1. The fraction of sp³-hybridized carbons (Fsp3) is 0.484. The third kappa shape index (κ3) is 8.66. The van der Waals surface area contributed by atoms with Crippen molar-refractivity contribution in [1.82, 2.24) is 4.57 Å². The van der Waals surface area contributed by atoms with E-state index in [1.165, 1.54) is 32.1 Å². The topological polar surface area (TPSA) is 89.2 Å². The van der Waals surface area contributed by atoms with Gasteiger partial charge in [-0.05, 0) is 66.3 Å². The molecule has 0 saturated carbocycles. The molecule has 200 valence electrons. The molecular weight excluding hydrogens is 460 g/mol. The van der Waals surface area contributed by atoms with Crippen LogP contribution in [0.25, 0.3) is 10.9 Å². The van der Waals surface area contributed by atoms with Gasteiger partial charge >= 0.3 is 0 Å². The van der Waals surface area contributed by atoms with E-state index in [9.17, 15) is 9.59 Å². The maximum atomic E-state index is 13.4. The van der Waals surface area contributed by atoms with E-state index in [1.54, 1.807) is 12.1 Å². The number of hydrogen-bond acceptors (Lipinski definition) is 3. The molecule has 4 N–H and O–H groups in total. The van der Waals surface area contributed by atoms with Crippen molar-refractivity contribution >= 4 is 39.8 Å². The van der Waals surface area contributed by atoms with Crippen LogP contribution in [0.5, 0.6) is 0 Å². The molecule has 6 nitrogen and oxygen atoms in total. The van der Waals surface area contributed by atoms with Crippen LogP contribution < -0.4 is 16.4 Å². The Labute approximate surface area is 222 Å². The van der Waals surface area contributed by atoms with Crippen LogP contribution in [0.15, 0.2) is 48.5 Å². The molecule has 0 spiro atoms. The average molecular weight is 505 g/mol. The lowest BCUT2D eigenvalue weighted by molar-refractivity contribution is -0.117. The number of nitrogens with zero attached hydrogens (tertiary/aromatic N) is 1. The fourth-order valence-electron chi connectivity index (χ4n) is 4.68. The summed E-state index contributed by atoms with van der Waals surface area (Å²) in [5.74, 6) is 0.269. The molecular formula is C31H44N4O2. The lowest BCUT2D eigenvalue weighted by Crippen LogP contribution is -2.19. The number of amides is 2. The van der Waals surface area contributed by atoms with E-state index in [4.69, 9.17) is 5.73 Å². The van der Waals surface area contributed by atoms with Crippen LogP contribution in [0.1, 0.15) is 90.1 Å². The van der Waals surface area contributed by atoms with Crippen molar-refractivity contribution < 1.29 is 9.59 Å². The number of anilines is 3. The fourth-order valence-corrected chi connectivity index (χ4v) is 4.68. The van der Waals surface area contributed by atoms with Gasteiger partial charge in [-0.3, -0.25) is 9.59 Å². The van der Waals surface area contributed by atoms with Gasteiger partial charge in [0, 0.05) is 40.9 Å².